The van der Waals surface area contributed by atoms with E-state index in [4.69, 9.17) is 9.84 Å². The van der Waals surface area contributed by atoms with E-state index in [0.717, 1.165) is 6.54 Å². The first-order valence-electron chi connectivity index (χ1n) is 6.98. The van der Waals surface area contributed by atoms with Crippen LogP contribution in [0.3, 0.4) is 0 Å². The maximum atomic E-state index is 11.9. The SMILES string of the molecule is COc1ccccc1NC(=O)CCN1CCC(C(=O)O)C1. The van der Waals surface area contributed by atoms with Crippen LogP contribution in [0.1, 0.15) is 12.8 Å². The van der Waals surface area contributed by atoms with Gasteiger partial charge in [0.05, 0.1) is 18.7 Å². The number of carbonyl (C=O) groups is 2. The Labute approximate surface area is 123 Å². The number of ether oxygens (including phenoxy) is 1. The Morgan fingerprint density at radius 2 is 2.19 bits per heavy atom. The van der Waals surface area contributed by atoms with Crippen molar-refractivity contribution in [3.63, 3.8) is 0 Å². The minimum absolute atomic E-state index is 0.0988. The Morgan fingerprint density at radius 3 is 2.86 bits per heavy atom. The van der Waals surface area contributed by atoms with Crippen LogP contribution < -0.4 is 10.1 Å². The summed E-state index contributed by atoms with van der Waals surface area (Å²) in [6, 6.07) is 7.24. The molecule has 0 aromatic heterocycles. The topological polar surface area (TPSA) is 78.9 Å². The Balaban J connectivity index is 1.79. The third kappa shape index (κ3) is 4.19. The summed E-state index contributed by atoms with van der Waals surface area (Å²) in [5.74, 6) is -0.533. The lowest BCUT2D eigenvalue weighted by Gasteiger charge is -2.15. The predicted molar refractivity (Wildman–Crippen MR) is 78.4 cm³/mol. The van der Waals surface area contributed by atoms with Crippen molar-refractivity contribution in [2.24, 2.45) is 5.92 Å². The quantitative estimate of drug-likeness (QED) is 0.829. The lowest BCUT2D eigenvalue weighted by molar-refractivity contribution is -0.141. The Kier molecular flexibility index (Phi) is 5.16. The van der Waals surface area contributed by atoms with Crippen LogP contribution in [0.4, 0.5) is 5.69 Å². The van der Waals surface area contributed by atoms with Crippen molar-refractivity contribution in [3.8, 4) is 5.75 Å². The van der Waals surface area contributed by atoms with Gasteiger partial charge in [0.25, 0.3) is 0 Å². The van der Waals surface area contributed by atoms with Gasteiger partial charge in [0.2, 0.25) is 5.91 Å². The molecule has 114 valence electrons. The molecule has 1 amide bonds. The molecule has 0 radical (unpaired) electrons. The van der Waals surface area contributed by atoms with Crippen LogP contribution in [-0.2, 0) is 9.59 Å². The summed E-state index contributed by atoms with van der Waals surface area (Å²) in [6.45, 7) is 1.83. The highest BCUT2D eigenvalue weighted by atomic mass is 16.5. The van der Waals surface area contributed by atoms with Gasteiger partial charge in [-0.25, -0.2) is 0 Å². The number of hydrogen-bond donors (Lipinski definition) is 2. The van der Waals surface area contributed by atoms with Crippen molar-refractivity contribution in [1.82, 2.24) is 4.90 Å². The molecular weight excluding hydrogens is 272 g/mol. The molecule has 2 rings (SSSR count). The van der Waals surface area contributed by atoms with Crippen LogP contribution >= 0.6 is 0 Å². The number of carboxylic acids is 1. The normalized spacial score (nSPS) is 18.4. The molecule has 1 aliphatic rings. The summed E-state index contributed by atoms with van der Waals surface area (Å²) in [7, 11) is 1.56. The van der Waals surface area contributed by atoms with Gasteiger partial charge in [0, 0.05) is 19.5 Å². The van der Waals surface area contributed by atoms with Gasteiger partial charge in [-0.05, 0) is 25.1 Å². The lowest BCUT2D eigenvalue weighted by atomic mass is 10.1. The first-order valence-corrected chi connectivity index (χ1v) is 6.98. The number of amides is 1. The minimum Gasteiger partial charge on any atom is -0.495 e. The number of anilines is 1. The minimum atomic E-state index is -0.754. The Morgan fingerprint density at radius 1 is 1.43 bits per heavy atom. The maximum absolute atomic E-state index is 11.9. The molecule has 0 aliphatic carbocycles. The van der Waals surface area contributed by atoms with Crippen LogP contribution in [0.2, 0.25) is 0 Å². The number of aliphatic carboxylic acids is 1. The fraction of sp³-hybridized carbons (Fsp3) is 0.467. The molecule has 21 heavy (non-hydrogen) atoms. The van der Waals surface area contributed by atoms with Crippen molar-refractivity contribution < 1.29 is 19.4 Å². The predicted octanol–water partition coefficient (Wildman–Crippen LogP) is 1.43. The summed E-state index contributed by atoms with van der Waals surface area (Å²) in [6.07, 6.45) is 0.994. The molecule has 1 fully saturated rings. The molecule has 1 aliphatic heterocycles. The fourth-order valence-electron chi connectivity index (χ4n) is 2.46. The van der Waals surface area contributed by atoms with Crippen LogP contribution in [0.15, 0.2) is 24.3 Å². The zero-order valence-electron chi connectivity index (χ0n) is 12.0. The number of benzene rings is 1. The zero-order valence-corrected chi connectivity index (χ0v) is 12.0. The highest BCUT2D eigenvalue weighted by Gasteiger charge is 2.27. The van der Waals surface area contributed by atoms with E-state index in [1.807, 2.05) is 17.0 Å². The summed E-state index contributed by atoms with van der Waals surface area (Å²) in [4.78, 5) is 24.8. The Hall–Kier alpha value is -2.08. The van der Waals surface area contributed by atoms with Crippen LogP contribution in [0.25, 0.3) is 0 Å². The third-order valence-electron chi connectivity index (χ3n) is 3.66. The maximum Gasteiger partial charge on any atom is 0.307 e. The second kappa shape index (κ2) is 7.08. The molecule has 1 aromatic rings. The molecule has 0 spiro atoms. The molecular formula is C15H20N2O4. The average molecular weight is 292 g/mol. The summed E-state index contributed by atoms with van der Waals surface area (Å²) >= 11 is 0. The van der Waals surface area contributed by atoms with Gasteiger partial charge in [-0.1, -0.05) is 12.1 Å². The zero-order chi connectivity index (χ0) is 15.2. The van der Waals surface area contributed by atoms with Gasteiger partial charge in [-0.15, -0.1) is 0 Å². The fourth-order valence-corrected chi connectivity index (χ4v) is 2.46. The van der Waals surface area contributed by atoms with E-state index in [1.165, 1.54) is 0 Å². The number of hydrogen-bond acceptors (Lipinski definition) is 4. The number of likely N-dealkylation sites (tertiary alicyclic amines) is 1. The van der Waals surface area contributed by atoms with Gasteiger partial charge in [-0.2, -0.15) is 0 Å². The van der Waals surface area contributed by atoms with E-state index in [2.05, 4.69) is 5.32 Å². The van der Waals surface area contributed by atoms with Crippen molar-refractivity contribution in [2.45, 2.75) is 12.8 Å². The monoisotopic (exact) mass is 292 g/mol. The van der Waals surface area contributed by atoms with E-state index >= 15 is 0 Å². The highest BCUT2D eigenvalue weighted by molar-refractivity contribution is 5.92. The van der Waals surface area contributed by atoms with Gasteiger partial charge in [0.15, 0.2) is 0 Å². The van der Waals surface area contributed by atoms with E-state index in [9.17, 15) is 9.59 Å². The number of nitrogens with zero attached hydrogens (tertiary/aromatic N) is 1. The van der Waals surface area contributed by atoms with Gasteiger partial charge in [-0.3, -0.25) is 9.59 Å². The Bertz CT molecular complexity index is 518. The van der Waals surface area contributed by atoms with Crippen molar-refractivity contribution in [3.05, 3.63) is 24.3 Å². The molecule has 6 heteroatoms. The van der Waals surface area contributed by atoms with Gasteiger partial charge in [0.1, 0.15) is 5.75 Å². The second-order valence-corrected chi connectivity index (χ2v) is 5.12. The summed E-state index contributed by atoms with van der Waals surface area (Å²) < 4.78 is 5.17. The molecule has 1 aromatic carbocycles. The number of carbonyl (C=O) groups excluding carboxylic acids is 1. The third-order valence-corrected chi connectivity index (χ3v) is 3.66. The number of methoxy groups -OCH3 is 1. The van der Waals surface area contributed by atoms with Gasteiger partial charge >= 0.3 is 5.97 Å². The van der Waals surface area contributed by atoms with Crippen molar-refractivity contribution in [1.29, 1.82) is 0 Å². The average Bonchev–Trinajstić information content (AvgIpc) is 2.95. The molecule has 1 heterocycles. The first-order chi connectivity index (χ1) is 10.1. The van der Waals surface area contributed by atoms with E-state index in [-0.39, 0.29) is 11.8 Å². The summed E-state index contributed by atoms with van der Waals surface area (Å²) in [5.41, 5.74) is 0.648. The highest BCUT2D eigenvalue weighted by Crippen LogP contribution is 2.23. The molecule has 2 N–H and O–H groups in total. The largest absolute Gasteiger partial charge is 0.495 e. The van der Waals surface area contributed by atoms with E-state index in [0.29, 0.717) is 37.4 Å². The number of rotatable bonds is 6. The number of para-hydroxylation sites is 2. The standard InChI is InChI=1S/C15H20N2O4/c1-21-13-5-3-2-4-12(13)16-14(18)7-9-17-8-6-11(10-17)15(19)20/h2-5,11H,6-10H2,1H3,(H,16,18)(H,19,20). The van der Waals surface area contributed by atoms with Crippen LogP contribution in [0, 0.1) is 5.92 Å². The number of nitrogens with one attached hydrogen (secondary N) is 1. The van der Waals surface area contributed by atoms with Crippen molar-refractivity contribution in [2.75, 3.05) is 32.1 Å². The molecule has 0 bridgehead atoms. The van der Waals surface area contributed by atoms with Crippen LogP contribution in [0.5, 0.6) is 5.75 Å². The first kappa shape index (κ1) is 15.3. The van der Waals surface area contributed by atoms with Crippen molar-refractivity contribution >= 4 is 17.6 Å². The lowest BCUT2D eigenvalue weighted by Crippen LogP contribution is -2.27. The molecule has 1 unspecified atom stereocenters. The molecule has 1 saturated heterocycles. The molecule has 6 nitrogen and oxygen atoms in total. The van der Waals surface area contributed by atoms with Crippen LogP contribution in [-0.4, -0.2) is 48.6 Å². The molecule has 1 atom stereocenters. The number of carboxylic acid groups (broad SMARTS) is 1. The van der Waals surface area contributed by atoms with E-state index < -0.39 is 5.97 Å². The smallest absolute Gasteiger partial charge is 0.307 e. The second-order valence-electron chi connectivity index (χ2n) is 5.12. The molecule has 0 saturated carbocycles. The summed E-state index contributed by atoms with van der Waals surface area (Å²) in [5, 5.41) is 11.8. The van der Waals surface area contributed by atoms with E-state index in [1.54, 1.807) is 19.2 Å². The van der Waals surface area contributed by atoms with Gasteiger partial charge < -0.3 is 20.1 Å².